The molecule has 1 amide bonds. The van der Waals surface area contributed by atoms with Gasteiger partial charge in [0, 0.05) is 31.3 Å². The Morgan fingerprint density at radius 3 is 2.47 bits per heavy atom. The molecule has 0 saturated heterocycles. The Morgan fingerprint density at radius 2 is 1.73 bits per heavy atom. The number of carbonyl (C=O) groups excluding carboxylic acids is 1. The Balaban J connectivity index is 1.41. The Labute approximate surface area is 173 Å². The lowest BCUT2D eigenvalue weighted by Crippen LogP contribution is -2.13. The molecule has 0 unspecified atom stereocenters. The van der Waals surface area contributed by atoms with Crippen LogP contribution >= 0.6 is 0 Å². The lowest BCUT2D eigenvalue weighted by atomic mass is 10.2. The Bertz CT molecular complexity index is 1120. The van der Waals surface area contributed by atoms with Gasteiger partial charge in [-0.15, -0.1) is 0 Å². The molecule has 0 radical (unpaired) electrons. The van der Waals surface area contributed by atoms with E-state index in [1.807, 2.05) is 36.0 Å². The molecule has 2 aromatic heterocycles. The van der Waals surface area contributed by atoms with Gasteiger partial charge in [0.05, 0.1) is 0 Å². The molecule has 2 aromatic carbocycles. The van der Waals surface area contributed by atoms with E-state index in [-0.39, 0.29) is 11.8 Å². The largest absolute Gasteiger partial charge is 0.486 e. The van der Waals surface area contributed by atoms with Crippen molar-refractivity contribution in [2.24, 2.45) is 7.05 Å². The fourth-order valence-electron chi connectivity index (χ4n) is 2.76. The summed E-state index contributed by atoms with van der Waals surface area (Å²) in [5.74, 6) is 2.06. The maximum atomic E-state index is 12.8. The Hall–Kier alpha value is -4.13. The first kappa shape index (κ1) is 19.2. The lowest BCUT2D eigenvalue weighted by molar-refractivity contribution is 0.102. The van der Waals surface area contributed by atoms with Gasteiger partial charge in [-0.1, -0.05) is 18.2 Å². The van der Waals surface area contributed by atoms with Crippen LogP contribution in [0.3, 0.4) is 0 Å². The number of aryl methyl sites for hydroxylation is 1. The van der Waals surface area contributed by atoms with Crippen LogP contribution in [-0.2, 0) is 13.7 Å². The van der Waals surface area contributed by atoms with Crippen LogP contribution in [0.5, 0.6) is 17.4 Å². The summed E-state index contributed by atoms with van der Waals surface area (Å²) in [4.78, 5) is 21.2. The predicted octanol–water partition coefficient (Wildman–Crippen LogP) is 4.44. The molecule has 1 N–H and O–H groups in total. The lowest BCUT2D eigenvalue weighted by Gasteiger charge is -2.11. The molecule has 7 nitrogen and oxygen atoms in total. The number of carbonyl (C=O) groups is 1. The summed E-state index contributed by atoms with van der Waals surface area (Å²) in [7, 11) is 1.92. The quantitative estimate of drug-likeness (QED) is 0.496. The zero-order chi connectivity index (χ0) is 20.8. The van der Waals surface area contributed by atoms with Crippen molar-refractivity contribution in [1.82, 2.24) is 14.5 Å². The van der Waals surface area contributed by atoms with E-state index in [0.717, 1.165) is 5.82 Å². The van der Waals surface area contributed by atoms with Crippen LogP contribution in [-0.4, -0.2) is 20.4 Å². The van der Waals surface area contributed by atoms with Crippen molar-refractivity contribution in [2.75, 3.05) is 5.32 Å². The molecule has 0 atom stereocenters. The third kappa shape index (κ3) is 4.64. The molecular weight excluding hydrogens is 380 g/mol. The second kappa shape index (κ2) is 8.91. The highest BCUT2D eigenvalue weighted by molar-refractivity contribution is 6.05. The average molecular weight is 400 g/mol. The van der Waals surface area contributed by atoms with E-state index in [2.05, 4.69) is 15.3 Å². The normalized spacial score (nSPS) is 10.4. The summed E-state index contributed by atoms with van der Waals surface area (Å²) in [6, 6.07) is 19.7. The van der Waals surface area contributed by atoms with E-state index in [1.165, 1.54) is 0 Å². The van der Waals surface area contributed by atoms with Gasteiger partial charge in [-0.2, -0.15) is 0 Å². The maximum absolute atomic E-state index is 12.8. The standard InChI is InChI=1S/C23H20N4O3/c1-27-15-14-24-21(27)16-29-18-11-9-17(10-12-18)26-22(28)20-8-5-13-25-23(20)30-19-6-3-2-4-7-19/h2-15H,16H2,1H3,(H,26,28). The number of nitrogens with zero attached hydrogens (tertiary/aromatic N) is 3. The SMILES string of the molecule is Cn1ccnc1COc1ccc(NC(=O)c2cccnc2Oc2ccccc2)cc1. The fraction of sp³-hybridized carbons (Fsp3) is 0.0870. The van der Waals surface area contributed by atoms with Crippen LogP contribution in [0.4, 0.5) is 5.69 Å². The zero-order valence-electron chi connectivity index (χ0n) is 16.4. The molecule has 4 rings (SSSR count). The molecular formula is C23H20N4O3. The molecule has 0 fully saturated rings. The van der Waals surface area contributed by atoms with Crippen LogP contribution in [0.2, 0.25) is 0 Å². The monoisotopic (exact) mass is 400 g/mol. The Kier molecular flexibility index (Phi) is 5.70. The number of nitrogens with one attached hydrogen (secondary N) is 1. The highest BCUT2D eigenvalue weighted by Crippen LogP contribution is 2.24. The third-order valence-corrected chi connectivity index (χ3v) is 4.37. The number of hydrogen-bond donors (Lipinski definition) is 1. The van der Waals surface area contributed by atoms with Gasteiger partial charge in [-0.05, 0) is 48.5 Å². The molecule has 0 aliphatic carbocycles. The number of aromatic nitrogens is 3. The summed E-state index contributed by atoms with van der Waals surface area (Å²) in [5.41, 5.74) is 0.982. The van der Waals surface area contributed by atoms with Crippen molar-refractivity contribution in [1.29, 1.82) is 0 Å². The summed E-state index contributed by atoms with van der Waals surface area (Å²) in [6.07, 6.45) is 5.18. The average Bonchev–Trinajstić information content (AvgIpc) is 3.19. The van der Waals surface area contributed by atoms with E-state index < -0.39 is 0 Å². The number of anilines is 1. The van der Waals surface area contributed by atoms with E-state index in [0.29, 0.717) is 29.4 Å². The number of ether oxygens (including phenoxy) is 2. The number of hydrogen-bond acceptors (Lipinski definition) is 5. The molecule has 0 aliphatic heterocycles. The van der Waals surface area contributed by atoms with E-state index in [4.69, 9.17) is 9.47 Å². The van der Waals surface area contributed by atoms with Gasteiger partial charge in [0.2, 0.25) is 5.88 Å². The molecule has 0 bridgehead atoms. The van der Waals surface area contributed by atoms with Crippen molar-refractivity contribution in [3.8, 4) is 17.4 Å². The topological polar surface area (TPSA) is 78.3 Å². The molecule has 2 heterocycles. The zero-order valence-corrected chi connectivity index (χ0v) is 16.4. The highest BCUT2D eigenvalue weighted by atomic mass is 16.5. The predicted molar refractivity (Wildman–Crippen MR) is 113 cm³/mol. The van der Waals surface area contributed by atoms with Crippen LogP contribution in [0, 0.1) is 0 Å². The molecule has 7 heteroatoms. The number of pyridine rings is 1. The number of rotatable bonds is 7. The maximum Gasteiger partial charge on any atom is 0.261 e. The summed E-state index contributed by atoms with van der Waals surface area (Å²) in [5, 5.41) is 2.86. The summed E-state index contributed by atoms with van der Waals surface area (Å²) in [6.45, 7) is 0.366. The van der Waals surface area contributed by atoms with Crippen LogP contribution in [0.25, 0.3) is 0 Å². The second-order valence-electron chi connectivity index (χ2n) is 6.49. The third-order valence-electron chi connectivity index (χ3n) is 4.37. The van der Waals surface area contributed by atoms with Crippen LogP contribution in [0.15, 0.2) is 85.3 Å². The molecule has 4 aromatic rings. The minimum Gasteiger partial charge on any atom is -0.486 e. The molecule has 30 heavy (non-hydrogen) atoms. The van der Waals surface area contributed by atoms with E-state index in [9.17, 15) is 4.79 Å². The molecule has 0 aliphatic rings. The first-order chi connectivity index (χ1) is 14.7. The van der Waals surface area contributed by atoms with Gasteiger partial charge in [-0.3, -0.25) is 4.79 Å². The number of amides is 1. The fourth-order valence-corrected chi connectivity index (χ4v) is 2.76. The van der Waals surface area contributed by atoms with Gasteiger partial charge < -0.3 is 19.4 Å². The van der Waals surface area contributed by atoms with Gasteiger partial charge in [0.15, 0.2) is 0 Å². The van der Waals surface area contributed by atoms with E-state index >= 15 is 0 Å². The number of para-hydroxylation sites is 1. The van der Waals surface area contributed by atoms with Crippen molar-refractivity contribution in [3.05, 3.63) is 96.7 Å². The minimum atomic E-state index is -0.310. The van der Waals surface area contributed by atoms with Crippen LogP contribution in [0.1, 0.15) is 16.2 Å². The highest BCUT2D eigenvalue weighted by Gasteiger charge is 2.14. The smallest absolute Gasteiger partial charge is 0.261 e. The van der Waals surface area contributed by atoms with E-state index in [1.54, 1.807) is 60.9 Å². The summed E-state index contributed by atoms with van der Waals surface area (Å²) < 4.78 is 13.4. The van der Waals surface area contributed by atoms with Gasteiger partial charge in [0.25, 0.3) is 5.91 Å². The van der Waals surface area contributed by atoms with Gasteiger partial charge >= 0.3 is 0 Å². The number of imidazole rings is 1. The molecule has 0 spiro atoms. The number of benzene rings is 2. The van der Waals surface area contributed by atoms with Crippen molar-refractivity contribution in [3.63, 3.8) is 0 Å². The van der Waals surface area contributed by atoms with Crippen molar-refractivity contribution < 1.29 is 14.3 Å². The van der Waals surface area contributed by atoms with Crippen molar-refractivity contribution >= 4 is 11.6 Å². The minimum absolute atomic E-state index is 0.247. The first-order valence-electron chi connectivity index (χ1n) is 9.37. The van der Waals surface area contributed by atoms with Gasteiger partial charge in [0.1, 0.15) is 29.5 Å². The van der Waals surface area contributed by atoms with Crippen molar-refractivity contribution in [2.45, 2.75) is 6.61 Å². The summed E-state index contributed by atoms with van der Waals surface area (Å²) >= 11 is 0. The Morgan fingerprint density at radius 1 is 0.933 bits per heavy atom. The van der Waals surface area contributed by atoms with Crippen LogP contribution < -0.4 is 14.8 Å². The molecule has 150 valence electrons. The first-order valence-corrected chi connectivity index (χ1v) is 9.37. The van der Waals surface area contributed by atoms with Gasteiger partial charge in [-0.25, -0.2) is 9.97 Å². The second-order valence-corrected chi connectivity index (χ2v) is 6.49. The molecule has 0 saturated carbocycles.